The van der Waals surface area contributed by atoms with Crippen molar-refractivity contribution in [2.75, 3.05) is 25.9 Å². The molecule has 116 valence electrons. The van der Waals surface area contributed by atoms with Crippen LogP contribution in [0.15, 0.2) is 16.6 Å². The normalized spacial score (nSPS) is 20.4. The second-order valence-electron chi connectivity index (χ2n) is 5.13. The number of ether oxygens (including phenoxy) is 1. The number of anilines is 1. The Morgan fingerprint density at radius 2 is 2.38 bits per heavy atom. The molecule has 1 aliphatic rings. The predicted molar refractivity (Wildman–Crippen MR) is 80.9 cm³/mol. The molecule has 7 nitrogen and oxygen atoms in total. The van der Waals surface area contributed by atoms with Gasteiger partial charge in [-0.15, -0.1) is 11.3 Å². The Hall–Kier alpha value is -1.16. The number of hydrogen-bond donors (Lipinski definition) is 1. The Morgan fingerprint density at radius 3 is 3.10 bits per heavy atom. The molecule has 1 fully saturated rings. The average molecular weight is 330 g/mol. The van der Waals surface area contributed by atoms with E-state index in [1.54, 1.807) is 18.6 Å². The van der Waals surface area contributed by atoms with Crippen molar-refractivity contribution in [3.05, 3.63) is 11.6 Å². The number of nitrogen functional groups attached to an aromatic ring is 1. The van der Waals surface area contributed by atoms with Crippen molar-refractivity contribution >= 4 is 32.1 Å². The van der Waals surface area contributed by atoms with Crippen LogP contribution in [-0.4, -0.2) is 48.4 Å². The maximum absolute atomic E-state index is 12.7. The number of nitrogens with zero attached hydrogens (tertiary/aromatic N) is 3. The molecule has 0 aromatic carbocycles. The van der Waals surface area contributed by atoms with E-state index in [9.17, 15) is 8.42 Å². The van der Waals surface area contributed by atoms with E-state index < -0.39 is 10.0 Å². The number of fused-ring (bicyclic) bond motifs is 1. The monoisotopic (exact) mass is 330 g/mol. The van der Waals surface area contributed by atoms with Crippen molar-refractivity contribution in [1.82, 2.24) is 13.7 Å². The zero-order chi connectivity index (χ0) is 15.0. The zero-order valence-electron chi connectivity index (χ0n) is 11.7. The van der Waals surface area contributed by atoms with Gasteiger partial charge in [0.2, 0.25) is 0 Å². The average Bonchev–Trinajstić information content (AvgIpc) is 2.99. The molecule has 1 atom stereocenters. The predicted octanol–water partition coefficient (Wildman–Crippen LogP) is 1.17. The minimum atomic E-state index is -3.69. The summed E-state index contributed by atoms with van der Waals surface area (Å²) in [5, 5.41) is 1.82. The van der Waals surface area contributed by atoms with Crippen LogP contribution in [-0.2, 0) is 14.8 Å². The van der Waals surface area contributed by atoms with Crippen LogP contribution in [0, 0.1) is 0 Å². The summed E-state index contributed by atoms with van der Waals surface area (Å²) in [7, 11) is -2.13. The Balaban J connectivity index is 1.88. The van der Waals surface area contributed by atoms with Gasteiger partial charge < -0.3 is 10.5 Å². The number of sulfonamides is 1. The third kappa shape index (κ3) is 2.66. The van der Waals surface area contributed by atoms with Crippen LogP contribution in [0.2, 0.25) is 0 Å². The van der Waals surface area contributed by atoms with Gasteiger partial charge >= 0.3 is 0 Å². The SMILES string of the molecule is CN(CC1CCCCO1)S(=O)(=O)c1c(N)nc2sccn12. The summed E-state index contributed by atoms with van der Waals surface area (Å²) in [6, 6.07) is 0. The number of likely N-dealkylation sites (N-methyl/N-ethyl adjacent to an activating group) is 1. The van der Waals surface area contributed by atoms with Crippen LogP contribution in [0.1, 0.15) is 19.3 Å². The highest BCUT2D eigenvalue weighted by atomic mass is 32.2. The molecule has 0 amide bonds. The van der Waals surface area contributed by atoms with E-state index in [0.29, 0.717) is 18.1 Å². The van der Waals surface area contributed by atoms with Gasteiger partial charge in [-0.3, -0.25) is 4.40 Å². The standard InChI is InChI=1S/C12H18N4O3S2/c1-15(8-9-4-2-3-6-19-9)21(17,18)11-10(13)14-12-16(11)5-7-20-12/h5,7,9H,2-4,6,8,13H2,1H3. The van der Waals surface area contributed by atoms with Gasteiger partial charge in [-0.2, -0.15) is 4.31 Å². The van der Waals surface area contributed by atoms with E-state index in [0.717, 1.165) is 19.3 Å². The molecule has 2 aromatic heterocycles. The van der Waals surface area contributed by atoms with E-state index in [2.05, 4.69) is 4.98 Å². The Morgan fingerprint density at radius 1 is 1.57 bits per heavy atom. The highest BCUT2D eigenvalue weighted by molar-refractivity contribution is 7.89. The molecule has 0 saturated carbocycles. The summed E-state index contributed by atoms with van der Waals surface area (Å²) in [4.78, 5) is 4.67. The summed E-state index contributed by atoms with van der Waals surface area (Å²) in [5.74, 6) is 0.0401. The van der Waals surface area contributed by atoms with Gasteiger partial charge in [0.15, 0.2) is 15.8 Å². The number of hydrogen-bond acceptors (Lipinski definition) is 6. The van der Waals surface area contributed by atoms with Crippen LogP contribution in [0.3, 0.4) is 0 Å². The molecule has 0 radical (unpaired) electrons. The minimum Gasteiger partial charge on any atom is -0.381 e. The second-order valence-corrected chi connectivity index (χ2v) is 7.97. The van der Waals surface area contributed by atoms with Gasteiger partial charge in [0.05, 0.1) is 6.10 Å². The molecular formula is C12H18N4O3S2. The summed E-state index contributed by atoms with van der Waals surface area (Å²) in [6.45, 7) is 1.03. The van der Waals surface area contributed by atoms with E-state index in [1.807, 2.05) is 0 Å². The highest BCUT2D eigenvalue weighted by Gasteiger charge is 2.30. The van der Waals surface area contributed by atoms with Gasteiger partial charge in [0, 0.05) is 31.8 Å². The first kappa shape index (κ1) is 14.8. The second kappa shape index (κ2) is 5.56. The van der Waals surface area contributed by atoms with E-state index >= 15 is 0 Å². The zero-order valence-corrected chi connectivity index (χ0v) is 13.4. The topological polar surface area (TPSA) is 89.9 Å². The summed E-state index contributed by atoms with van der Waals surface area (Å²) < 4.78 is 33.9. The Kier molecular flexibility index (Phi) is 3.91. The molecule has 1 saturated heterocycles. The third-order valence-electron chi connectivity index (χ3n) is 3.63. The van der Waals surface area contributed by atoms with Crippen LogP contribution in [0.5, 0.6) is 0 Å². The van der Waals surface area contributed by atoms with Crippen molar-refractivity contribution in [2.45, 2.75) is 30.4 Å². The largest absolute Gasteiger partial charge is 0.381 e. The van der Waals surface area contributed by atoms with Gasteiger partial charge in [0.25, 0.3) is 10.0 Å². The van der Waals surface area contributed by atoms with Crippen molar-refractivity contribution in [2.24, 2.45) is 0 Å². The molecular weight excluding hydrogens is 312 g/mol. The molecule has 0 aliphatic carbocycles. The van der Waals surface area contributed by atoms with Gasteiger partial charge in [0.1, 0.15) is 0 Å². The molecule has 0 spiro atoms. The summed E-state index contributed by atoms with van der Waals surface area (Å²) in [6.07, 6.45) is 4.61. The lowest BCUT2D eigenvalue weighted by Crippen LogP contribution is -2.37. The van der Waals surface area contributed by atoms with E-state index in [4.69, 9.17) is 10.5 Å². The summed E-state index contributed by atoms with van der Waals surface area (Å²) >= 11 is 1.35. The lowest BCUT2D eigenvalue weighted by Gasteiger charge is -2.26. The lowest BCUT2D eigenvalue weighted by molar-refractivity contribution is 0.00856. The fraction of sp³-hybridized carbons (Fsp3) is 0.583. The number of rotatable bonds is 4. The van der Waals surface area contributed by atoms with E-state index in [-0.39, 0.29) is 16.9 Å². The van der Waals surface area contributed by atoms with Crippen molar-refractivity contribution in [3.63, 3.8) is 0 Å². The van der Waals surface area contributed by atoms with Crippen LogP contribution in [0.4, 0.5) is 5.82 Å². The van der Waals surface area contributed by atoms with Crippen molar-refractivity contribution < 1.29 is 13.2 Å². The van der Waals surface area contributed by atoms with Crippen molar-refractivity contribution in [1.29, 1.82) is 0 Å². The Bertz CT molecular complexity index is 731. The molecule has 9 heteroatoms. The third-order valence-corrected chi connectivity index (χ3v) is 6.25. The number of thiazole rings is 1. The molecule has 0 bridgehead atoms. The molecule has 21 heavy (non-hydrogen) atoms. The van der Waals surface area contributed by atoms with E-state index in [1.165, 1.54) is 20.0 Å². The fourth-order valence-electron chi connectivity index (χ4n) is 2.52. The number of nitrogens with two attached hydrogens (primary N) is 1. The maximum atomic E-state index is 12.7. The molecule has 1 aliphatic heterocycles. The van der Waals surface area contributed by atoms with Crippen LogP contribution >= 0.6 is 11.3 Å². The van der Waals surface area contributed by atoms with Gasteiger partial charge in [-0.1, -0.05) is 0 Å². The quantitative estimate of drug-likeness (QED) is 0.909. The van der Waals surface area contributed by atoms with Gasteiger partial charge in [-0.05, 0) is 19.3 Å². The molecule has 1 unspecified atom stereocenters. The minimum absolute atomic E-state index is 0.0389. The number of aromatic nitrogens is 2. The van der Waals surface area contributed by atoms with Gasteiger partial charge in [-0.25, -0.2) is 13.4 Å². The summed E-state index contributed by atoms with van der Waals surface area (Å²) in [5.41, 5.74) is 5.79. The first-order valence-corrected chi connectivity index (χ1v) is 9.11. The fourth-order valence-corrected chi connectivity index (χ4v) is 4.66. The van der Waals surface area contributed by atoms with Crippen LogP contribution in [0.25, 0.3) is 4.96 Å². The first-order valence-electron chi connectivity index (χ1n) is 6.79. The molecule has 2 N–H and O–H groups in total. The first-order chi connectivity index (χ1) is 10.00. The number of imidazole rings is 1. The van der Waals surface area contributed by atoms with Crippen molar-refractivity contribution in [3.8, 4) is 0 Å². The maximum Gasteiger partial charge on any atom is 0.262 e. The molecule has 3 heterocycles. The Labute approximate surface area is 127 Å². The highest BCUT2D eigenvalue weighted by Crippen LogP contribution is 2.26. The smallest absolute Gasteiger partial charge is 0.262 e. The van der Waals surface area contributed by atoms with Crippen LogP contribution < -0.4 is 5.73 Å². The lowest BCUT2D eigenvalue weighted by atomic mass is 10.1. The molecule has 2 aromatic rings. The molecule has 3 rings (SSSR count).